The van der Waals surface area contributed by atoms with Crippen LogP contribution in [0.25, 0.3) is 11.0 Å². The Morgan fingerprint density at radius 3 is 2.73 bits per heavy atom. The lowest BCUT2D eigenvalue weighted by molar-refractivity contribution is -0.116. The molecular formula is C21H21N7O2. The van der Waals surface area contributed by atoms with E-state index in [2.05, 4.69) is 25.4 Å². The number of ketones is 1. The minimum absolute atomic E-state index is 0.0796. The highest BCUT2D eigenvalue weighted by Crippen LogP contribution is 2.25. The van der Waals surface area contributed by atoms with Gasteiger partial charge in [-0.2, -0.15) is 5.10 Å². The maximum atomic E-state index is 13.2. The molecule has 4 heterocycles. The van der Waals surface area contributed by atoms with Crippen molar-refractivity contribution in [3.63, 3.8) is 0 Å². The number of amides is 1. The molecule has 9 heteroatoms. The molecule has 0 fully saturated rings. The van der Waals surface area contributed by atoms with Crippen LogP contribution in [0.4, 0.5) is 5.69 Å². The van der Waals surface area contributed by atoms with Crippen molar-refractivity contribution in [1.82, 2.24) is 29.3 Å². The van der Waals surface area contributed by atoms with Crippen LogP contribution in [0.5, 0.6) is 0 Å². The van der Waals surface area contributed by atoms with E-state index in [9.17, 15) is 9.59 Å². The number of carbonyl (C=O) groups excluding carboxylic acids is 2. The highest BCUT2D eigenvalue weighted by atomic mass is 16.2. The van der Waals surface area contributed by atoms with Gasteiger partial charge in [-0.3, -0.25) is 19.3 Å². The Bertz CT molecular complexity index is 1240. The van der Waals surface area contributed by atoms with Gasteiger partial charge in [0.15, 0.2) is 5.78 Å². The summed E-state index contributed by atoms with van der Waals surface area (Å²) in [7, 11) is 0. The number of pyridine rings is 1. The maximum Gasteiger partial charge on any atom is 0.246 e. The van der Waals surface area contributed by atoms with Gasteiger partial charge in [-0.25, -0.2) is 9.97 Å². The van der Waals surface area contributed by atoms with Gasteiger partial charge < -0.3 is 9.88 Å². The van der Waals surface area contributed by atoms with Crippen LogP contribution >= 0.6 is 0 Å². The van der Waals surface area contributed by atoms with Crippen LogP contribution in [-0.2, 0) is 11.3 Å². The molecule has 9 nitrogen and oxygen atoms in total. The third kappa shape index (κ3) is 3.69. The fraction of sp³-hybridized carbons (Fsp3) is 0.238. The van der Waals surface area contributed by atoms with Gasteiger partial charge in [-0.1, -0.05) is 0 Å². The molecule has 1 N–H and O–H groups in total. The first-order valence-electron chi connectivity index (χ1n) is 9.52. The van der Waals surface area contributed by atoms with Gasteiger partial charge in [-0.15, -0.1) is 0 Å². The molecular weight excluding hydrogens is 382 g/mol. The molecule has 0 unspecified atom stereocenters. The molecule has 4 aromatic rings. The SMILES string of the molecule is Cc1ccnn1CC(=O)Nc1cncc(C(=O)c2cn(C(C)C)c3ncncc23)c1. The summed E-state index contributed by atoms with van der Waals surface area (Å²) in [6.07, 6.45) is 9.52. The van der Waals surface area contributed by atoms with E-state index in [0.29, 0.717) is 27.8 Å². The number of aromatic nitrogens is 6. The van der Waals surface area contributed by atoms with Gasteiger partial charge in [-0.05, 0) is 32.9 Å². The molecule has 4 aromatic heterocycles. The van der Waals surface area contributed by atoms with Crippen LogP contribution in [0.3, 0.4) is 0 Å². The van der Waals surface area contributed by atoms with Crippen LogP contribution in [0.2, 0.25) is 0 Å². The zero-order chi connectivity index (χ0) is 21.3. The summed E-state index contributed by atoms with van der Waals surface area (Å²) in [5, 5.41) is 7.55. The molecule has 0 saturated carbocycles. The molecule has 0 aliphatic carbocycles. The molecule has 0 radical (unpaired) electrons. The summed E-state index contributed by atoms with van der Waals surface area (Å²) < 4.78 is 3.54. The van der Waals surface area contributed by atoms with E-state index in [0.717, 1.165) is 5.69 Å². The van der Waals surface area contributed by atoms with Crippen molar-refractivity contribution in [2.24, 2.45) is 0 Å². The average molecular weight is 403 g/mol. The zero-order valence-electron chi connectivity index (χ0n) is 16.9. The van der Waals surface area contributed by atoms with Crippen LogP contribution in [-0.4, -0.2) is 41.0 Å². The van der Waals surface area contributed by atoms with Crippen molar-refractivity contribution in [2.45, 2.75) is 33.4 Å². The lowest BCUT2D eigenvalue weighted by Gasteiger charge is -2.08. The first kappa shape index (κ1) is 19.4. The molecule has 0 spiro atoms. The van der Waals surface area contributed by atoms with E-state index in [1.54, 1.807) is 29.3 Å². The Balaban J connectivity index is 1.60. The molecule has 0 aromatic carbocycles. The van der Waals surface area contributed by atoms with Crippen molar-refractivity contribution in [1.29, 1.82) is 0 Å². The summed E-state index contributed by atoms with van der Waals surface area (Å²) in [5.41, 5.74) is 2.90. The average Bonchev–Trinajstić information content (AvgIpc) is 3.31. The molecule has 0 saturated heterocycles. The summed E-state index contributed by atoms with van der Waals surface area (Å²) in [4.78, 5) is 38.0. The smallest absolute Gasteiger partial charge is 0.246 e. The van der Waals surface area contributed by atoms with E-state index >= 15 is 0 Å². The van der Waals surface area contributed by atoms with Crippen molar-refractivity contribution in [3.8, 4) is 0 Å². The van der Waals surface area contributed by atoms with Gasteiger partial charge in [0.2, 0.25) is 5.91 Å². The molecule has 152 valence electrons. The maximum absolute atomic E-state index is 13.2. The topological polar surface area (TPSA) is 108 Å². The zero-order valence-corrected chi connectivity index (χ0v) is 16.9. The number of aryl methyl sites for hydroxylation is 1. The number of nitrogens with zero attached hydrogens (tertiary/aromatic N) is 6. The molecule has 0 aliphatic rings. The number of fused-ring (bicyclic) bond motifs is 1. The Morgan fingerprint density at radius 2 is 2.00 bits per heavy atom. The van der Waals surface area contributed by atoms with Crippen molar-refractivity contribution in [3.05, 3.63) is 66.3 Å². The van der Waals surface area contributed by atoms with E-state index < -0.39 is 0 Å². The van der Waals surface area contributed by atoms with Gasteiger partial charge in [0.1, 0.15) is 18.5 Å². The minimum atomic E-state index is -0.252. The second-order valence-corrected chi connectivity index (χ2v) is 7.27. The molecule has 1 amide bonds. The van der Waals surface area contributed by atoms with Crippen LogP contribution in [0, 0.1) is 6.92 Å². The molecule has 30 heavy (non-hydrogen) atoms. The van der Waals surface area contributed by atoms with Gasteiger partial charge >= 0.3 is 0 Å². The third-order valence-corrected chi connectivity index (χ3v) is 4.80. The number of hydrogen-bond acceptors (Lipinski definition) is 6. The normalized spacial score (nSPS) is 11.2. The Kier molecular flexibility index (Phi) is 5.09. The van der Waals surface area contributed by atoms with Crippen LogP contribution in [0.15, 0.2) is 49.4 Å². The molecule has 4 rings (SSSR count). The van der Waals surface area contributed by atoms with E-state index in [1.165, 1.54) is 18.7 Å². The minimum Gasteiger partial charge on any atom is -0.329 e. The summed E-state index contributed by atoms with van der Waals surface area (Å²) in [6, 6.07) is 3.58. The van der Waals surface area contributed by atoms with Crippen molar-refractivity contribution < 1.29 is 9.59 Å². The van der Waals surface area contributed by atoms with Gasteiger partial charge in [0.05, 0.1) is 17.4 Å². The quantitative estimate of drug-likeness (QED) is 0.496. The van der Waals surface area contributed by atoms with Crippen LogP contribution in [0.1, 0.15) is 41.5 Å². The lowest BCUT2D eigenvalue weighted by atomic mass is 10.1. The standard InChI is InChI=1S/C21H21N7O2/c1-13(2)27-10-18(17-9-23-12-24-21(17)27)20(30)15-6-16(8-22-7-15)26-19(29)11-28-14(3)4-5-25-28/h4-10,12-13H,11H2,1-3H3,(H,26,29). The predicted octanol–water partition coefficient (Wildman–Crippen LogP) is 2.78. The number of anilines is 1. The first-order chi connectivity index (χ1) is 14.4. The van der Waals surface area contributed by atoms with E-state index in [1.807, 2.05) is 31.4 Å². The van der Waals surface area contributed by atoms with Gasteiger partial charge in [0.25, 0.3) is 0 Å². The third-order valence-electron chi connectivity index (χ3n) is 4.80. The first-order valence-corrected chi connectivity index (χ1v) is 9.52. The highest BCUT2D eigenvalue weighted by Gasteiger charge is 2.19. The number of rotatable bonds is 6. The second-order valence-electron chi connectivity index (χ2n) is 7.27. The Morgan fingerprint density at radius 1 is 1.17 bits per heavy atom. The monoisotopic (exact) mass is 403 g/mol. The highest BCUT2D eigenvalue weighted by molar-refractivity contribution is 6.16. The fourth-order valence-electron chi connectivity index (χ4n) is 3.25. The summed E-state index contributed by atoms with van der Waals surface area (Å²) in [6.45, 7) is 6.00. The van der Waals surface area contributed by atoms with E-state index in [-0.39, 0.29) is 24.3 Å². The van der Waals surface area contributed by atoms with Gasteiger partial charge in [0, 0.05) is 47.5 Å². The van der Waals surface area contributed by atoms with E-state index in [4.69, 9.17) is 0 Å². The fourth-order valence-corrected chi connectivity index (χ4v) is 3.25. The lowest BCUT2D eigenvalue weighted by Crippen LogP contribution is -2.20. The summed E-state index contributed by atoms with van der Waals surface area (Å²) in [5.74, 6) is -0.460. The van der Waals surface area contributed by atoms with Crippen LogP contribution < -0.4 is 5.32 Å². The number of nitrogens with one attached hydrogen (secondary N) is 1. The number of hydrogen-bond donors (Lipinski definition) is 1. The largest absolute Gasteiger partial charge is 0.329 e. The second kappa shape index (κ2) is 7.86. The Hall–Kier alpha value is -3.88. The molecule has 0 atom stereocenters. The van der Waals surface area contributed by atoms with Crippen molar-refractivity contribution >= 4 is 28.4 Å². The summed E-state index contributed by atoms with van der Waals surface area (Å²) >= 11 is 0. The number of carbonyl (C=O) groups is 2. The Labute approximate surface area is 172 Å². The molecule has 0 aliphatic heterocycles. The molecule has 0 bridgehead atoms. The van der Waals surface area contributed by atoms with Crippen molar-refractivity contribution in [2.75, 3.05) is 5.32 Å². The predicted molar refractivity (Wildman–Crippen MR) is 111 cm³/mol.